The average Bonchev–Trinajstić information content (AvgIpc) is 2.65. The van der Waals surface area contributed by atoms with Gasteiger partial charge in [-0.15, -0.1) is 0 Å². The quantitative estimate of drug-likeness (QED) is 0.339. The first kappa shape index (κ1) is 21.0. The Bertz CT molecular complexity index is 569. The van der Waals surface area contributed by atoms with Crippen LogP contribution in [0.2, 0.25) is 0 Å². The number of Topliss-reactive ketones (excluding diaryl/α,β-unsaturated/α-hetero) is 2. The van der Waals surface area contributed by atoms with Crippen molar-refractivity contribution in [3.63, 3.8) is 0 Å². The normalized spacial score (nSPS) is 13.1. The van der Waals surface area contributed by atoms with Crippen LogP contribution in [0.25, 0.3) is 0 Å². The van der Waals surface area contributed by atoms with Gasteiger partial charge in [-0.25, -0.2) is 4.79 Å². The van der Waals surface area contributed by atoms with Crippen LogP contribution in [0, 0.1) is 0 Å². The SMILES string of the molecule is CCCCCCCC(=O)C(O)(C(=O)CO)C(=O)OCc1ccccc1. The first-order chi connectivity index (χ1) is 12.0. The predicted molar refractivity (Wildman–Crippen MR) is 91.7 cm³/mol. The fraction of sp³-hybridized carbons (Fsp3) is 0.526. The van der Waals surface area contributed by atoms with Gasteiger partial charge in [-0.3, -0.25) is 9.59 Å². The fourth-order valence-corrected chi connectivity index (χ4v) is 2.40. The molecule has 138 valence electrons. The lowest BCUT2D eigenvalue weighted by atomic mass is 9.90. The molecule has 0 fully saturated rings. The highest BCUT2D eigenvalue weighted by Crippen LogP contribution is 2.17. The lowest BCUT2D eigenvalue weighted by Gasteiger charge is -2.22. The number of ketones is 2. The Balaban J connectivity index is 2.70. The maximum atomic E-state index is 12.3. The van der Waals surface area contributed by atoms with Crippen molar-refractivity contribution in [2.24, 2.45) is 0 Å². The van der Waals surface area contributed by atoms with Crippen molar-refractivity contribution >= 4 is 17.5 Å². The van der Waals surface area contributed by atoms with Gasteiger partial charge in [0.05, 0.1) is 0 Å². The molecule has 1 aromatic rings. The summed E-state index contributed by atoms with van der Waals surface area (Å²) < 4.78 is 4.94. The summed E-state index contributed by atoms with van der Waals surface area (Å²) in [7, 11) is 0. The summed E-state index contributed by atoms with van der Waals surface area (Å²) in [6, 6.07) is 8.69. The maximum absolute atomic E-state index is 12.3. The van der Waals surface area contributed by atoms with Gasteiger partial charge in [-0.1, -0.05) is 62.9 Å². The molecule has 0 aliphatic heterocycles. The number of hydrogen-bond donors (Lipinski definition) is 2. The standard InChI is InChI=1S/C19H26O6/c1-2-3-4-5-9-12-16(21)19(24,17(22)13-20)18(23)25-14-15-10-7-6-8-11-15/h6-8,10-11,20,24H,2-5,9,12-14H2,1H3. The van der Waals surface area contributed by atoms with Crippen LogP contribution in [0.15, 0.2) is 30.3 Å². The molecule has 0 saturated carbocycles. The largest absolute Gasteiger partial charge is 0.458 e. The molecule has 6 heteroatoms. The molecule has 0 bridgehead atoms. The highest BCUT2D eigenvalue weighted by Gasteiger charge is 2.51. The van der Waals surface area contributed by atoms with Gasteiger partial charge in [0.15, 0.2) is 5.78 Å². The number of aliphatic hydroxyl groups excluding tert-OH is 1. The molecule has 0 heterocycles. The zero-order chi connectivity index (χ0) is 18.7. The number of carbonyl (C=O) groups excluding carboxylic acids is 3. The lowest BCUT2D eigenvalue weighted by Crippen LogP contribution is -2.55. The zero-order valence-corrected chi connectivity index (χ0v) is 14.6. The molecular formula is C19H26O6. The summed E-state index contributed by atoms with van der Waals surface area (Å²) in [6.45, 7) is 0.773. The monoisotopic (exact) mass is 350 g/mol. The summed E-state index contributed by atoms with van der Waals surface area (Å²) in [5, 5.41) is 19.4. The van der Waals surface area contributed by atoms with Crippen molar-refractivity contribution in [3.8, 4) is 0 Å². The van der Waals surface area contributed by atoms with Crippen molar-refractivity contribution < 1.29 is 29.3 Å². The maximum Gasteiger partial charge on any atom is 0.354 e. The van der Waals surface area contributed by atoms with Gasteiger partial charge in [0.2, 0.25) is 5.78 Å². The summed E-state index contributed by atoms with van der Waals surface area (Å²) >= 11 is 0. The molecule has 0 aromatic heterocycles. The van der Waals surface area contributed by atoms with Crippen LogP contribution >= 0.6 is 0 Å². The molecule has 2 N–H and O–H groups in total. The van der Waals surface area contributed by atoms with Crippen molar-refractivity contribution in [2.45, 2.75) is 57.7 Å². The van der Waals surface area contributed by atoms with Gasteiger partial charge in [0.25, 0.3) is 5.60 Å². The summed E-state index contributed by atoms with van der Waals surface area (Å²) in [4.78, 5) is 36.3. The number of benzene rings is 1. The van der Waals surface area contributed by atoms with Gasteiger partial charge in [0, 0.05) is 6.42 Å². The third-order valence-electron chi connectivity index (χ3n) is 3.97. The van der Waals surface area contributed by atoms with Crippen LogP contribution in [0.3, 0.4) is 0 Å². The molecule has 1 rings (SSSR count). The highest BCUT2D eigenvalue weighted by molar-refractivity contribution is 6.26. The molecule has 25 heavy (non-hydrogen) atoms. The topological polar surface area (TPSA) is 101 Å². The minimum Gasteiger partial charge on any atom is -0.458 e. The van der Waals surface area contributed by atoms with E-state index in [0.717, 1.165) is 25.7 Å². The Morgan fingerprint density at radius 1 is 1.00 bits per heavy atom. The minimum atomic E-state index is -2.94. The van der Waals surface area contributed by atoms with E-state index in [1.807, 2.05) is 0 Å². The van der Waals surface area contributed by atoms with Gasteiger partial charge < -0.3 is 14.9 Å². The van der Waals surface area contributed by atoms with Gasteiger partial charge in [-0.05, 0) is 12.0 Å². The Morgan fingerprint density at radius 2 is 1.64 bits per heavy atom. The van der Waals surface area contributed by atoms with E-state index < -0.39 is 29.7 Å². The van der Waals surface area contributed by atoms with Crippen LogP contribution in [0.4, 0.5) is 0 Å². The van der Waals surface area contributed by atoms with E-state index in [1.54, 1.807) is 30.3 Å². The van der Waals surface area contributed by atoms with E-state index in [1.165, 1.54) is 0 Å². The van der Waals surface area contributed by atoms with Crippen molar-refractivity contribution in [1.82, 2.24) is 0 Å². The second-order valence-electron chi connectivity index (χ2n) is 5.94. The number of esters is 1. The molecule has 0 aliphatic rings. The minimum absolute atomic E-state index is 0.119. The number of unbranched alkanes of at least 4 members (excludes halogenated alkanes) is 4. The predicted octanol–water partition coefficient (Wildman–Crippen LogP) is 1.95. The molecule has 0 saturated heterocycles. The van der Waals surface area contributed by atoms with Crippen molar-refractivity contribution in [3.05, 3.63) is 35.9 Å². The van der Waals surface area contributed by atoms with Gasteiger partial charge >= 0.3 is 5.97 Å². The fourth-order valence-electron chi connectivity index (χ4n) is 2.40. The van der Waals surface area contributed by atoms with Crippen LogP contribution in [-0.4, -0.2) is 40.0 Å². The first-order valence-corrected chi connectivity index (χ1v) is 8.57. The van der Waals surface area contributed by atoms with Crippen molar-refractivity contribution in [2.75, 3.05) is 6.61 Å². The molecule has 1 atom stereocenters. The second kappa shape index (κ2) is 10.7. The Morgan fingerprint density at radius 3 is 2.24 bits per heavy atom. The van der Waals surface area contributed by atoms with E-state index in [4.69, 9.17) is 9.84 Å². The molecule has 0 aliphatic carbocycles. The molecule has 0 amide bonds. The Labute approximate surface area is 147 Å². The Hall–Kier alpha value is -2.05. The Kier molecular flexibility index (Phi) is 9.02. The first-order valence-electron chi connectivity index (χ1n) is 8.57. The third-order valence-corrected chi connectivity index (χ3v) is 3.97. The van der Waals surface area contributed by atoms with Gasteiger partial charge in [0.1, 0.15) is 13.2 Å². The third kappa shape index (κ3) is 6.07. The molecule has 6 nitrogen and oxygen atoms in total. The highest BCUT2D eigenvalue weighted by atomic mass is 16.6. The molecule has 1 unspecified atom stereocenters. The van der Waals surface area contributed by atoms with Crippen molar-refractivity contribution in [1.29, 1.82) is 0 Å². The molecule has 0 radical (unpaired) electrons. The van der Waals surface area contributed by atoms with Crippen LogP contribution < -0.4 is 0 Å². The second-order valence-corrected chi connectivity index (χ2v) is 5.94. The summed E-state index contributed by atoms with van der Waals surface area (Å²) in [5.74, 6) is -3.53. The number of hydrogen-bond acceptors (Lipinski definition) is 6. The van der Waals surface area contributed by atoms with E-state index >= 15 is 0 Å². The number of carbonyl (C=O) groups is 3. The molecule has 0 spiro atoms. The van der Waals surface area contributed by atoms with Gasteiger partial charge in [-0.2, -0.15) is 0 Å². The zero-order valence-electron chi connectivity index (χ0n) is 14.6. The summed E-state index contributed by atoms with van der Waals surface area (Å²) in [6.07, 6.45) is 4.13. The average molecular weight is 350 g/mol. The van der Waals surface area contributed by atoms with Crippen LogP contribution in [0.5, 0.6) is 0 Å². The van der Waals surface area contributed by atoms with E-state index in [2.05, 4.69) is 6.92 Å². The van der Waals surface area contributed by atoms with Crippen LogP contribution in [0.1, 0.15) is 51.0 Å². The van der Waals surface area contributed by atoms with E-state index in [-0.39, 0.29) is 13.0 Å². The summed E-state index contributed by atoms with van der Waals surface area (Å²) in [5.41, 5.74) is -2.28. The lowest BCUT2D eigenvalue weighted by molar-refractivity contribution is -0.176. The van der Waals surface area contributed by atoms with Crippen LogP contribution in [-0.2, 0) is 25.7 Å². The van der Waals surface area contributed by atoms with E-state index in [9.17, 15) is 19.5 Å². The van der Waals surface area contributed by atoms with E-state index in [0.29, 0.717) is 12.0 Å². The number of rotatable bonds is 12. The number of aliphatic hydroxyl groups is 2. The molecular weight excluding hydrogens is 324 g/mol. The smallest absolute Gasteiger partial charge is 0.354 e. The molecule has 1 aromatic carbocycles. The number of ether oxygens (including phenoxy) is 1.